The number of benzene rings is 2. The molecule has 0 spiro atoms. The standard InChI is InChI=1S/C21H22N2O3S/c22-27(24,25)18-14-8-7-13-17(18)19-20(15-9-3-1-4-10-15)26-21(23-19)16-11-5-2-6-12-16/h1,3-4,7-10,13-14,16H,2,5-6,11-12H2,(H2,22,24,25). The van der Waals surface area contributed by atoms with Gasteiger partial charge in [0, 0.05) is 17.0 Å². The Hall–Kier alpha value is -2.44. The minimum Gasteiger partial charge on any atom is -0.440 e. The summed E-state index contributed by atoms with van der Waals surface area (Å²) in [7, 11) is -3.88. The number of aromatic nitrogens is 1. The molecule has 0 radical (unpaired) electrons. The van der Waals surface area contributed by atoms with Crippen molar-refractivity contribution in [2.75, 3.05) is 0 Å². The van der Waals surface area contributed by atoms with E-state index in [2.05, 4.69) is 0 Å². The van der Waals surface area contributed by atoms with Crippen LogP contribution in [0, 0.1) is 0 Å². The predicted molar refractivity (Wildman–Crippen MR) is 105 cm³/mol. The van der Waals surface area contributed by atoms with Gasteiger partial charge in [0.15, 0.2) is 11.7 Å². The van der Waals surface area contributed by atoms with E-state index in [1.54, 1.807) is 18.2 Å². The number of oxazole rings is 1. The Morgan fingerprint density at radius 3 is 2.30 bits per heavy atom. The quantitative estimate of drug-likeness (QED) is 0.708. The molecule has 1 aliphatic rings. The van der Waals surface area contributed by atoms with Crippen LogP contribution in [-0.2, 0) is 10.0 Å². The fourth-order valence-electron chi connectivity index (χ4n) is 3.74. The zero-order chi connectivity index (χ0) is 18.9. The zero-order valence-corrected chi connectivity index (χ0v) is 15.8. The topological polar surface area (TPSA) is 86.2 Å². The third kappa shape index (κ3) is 3.68. The molecular weight excluding hydrogens is 360 g/mol. The molecule has 2 N–H and O–H groups in total. The van der Waals surface area contributed by atoms with Gasteiger partial charge in [-0.2, -0.15) is 0 Å². The molecule has 5 nitrogen and oxygen atoms in total. The summed E-state index contributed by atoms with van der Waals surface area (Å²) in [5.74, 6) is 1.55. The molecule has 1 fully saturated rings. The van der Waals surface area contributed by atoms with Crippen LogP contribution >= 0.6 is 0 Å². The second-order valence-corrected chi connectivity index (χ2v) is 8.50. The van der Waals surface area contributed by atoms with E-state index < -0.39 is 10.0 Å². The number of hydrogen-bond donors (Lipinski definition) is 1. The summed E-state index contributed by atoms with van der Waals surface area (Å²) >= 11 is 0. The fraction of sp³-hybridized carbons (Fsp3) is 0.286. The highest BCUT2D eigenvalue weighted by Gasteiger charge is 2.27. The van der Waals surface area contributed by atoms with Crippen LogP contribution in [0.5, 0.6) is 0 Å². The summed E-state index contributed by atoms with van der Waals surface area (Å²) in [6.07, 6.45) is 5.66. The van der Waals surface area contributed by atoms with Gasteiger partial charge in [-0.25, -0.2) is 18.5 Å². The molecule has 1 saturated carbocycles. The molecule has 3 aromatic rings. The highest BCUT2D eigenvalue weighted by atomic mass is 32.2. The second kappa shape index (κ2) is 7.29. The maximum atomic E-state index is 12.1. The first-order valence-corrected chi connectivity index (χ1v) is 10.8. The molecular formula is C21H22N2O3S. The Labute approximate surface area is 159 Å². The van der Waals surface area contributed by atoms with Crippen molar-refractivity contribution in [2.45, 2.75) is 42.9 Å². The van der Waals surface area contributed by atoms with Crippen LogP contribution in [-0.4, -0.2) is 13.4 Å². The minimum absolute atomic E-state index is 0.0608. The van der Waals surface area contributed by atoms with Crippen LogP contribution in [0.25, 0.3) is 22.6 Å². The Morgan fingerprint density at radius 2 is 1.59 bits per heavy atom. The summed E-state index contributed by atoms with van der Waals surface area (Å²) in [6, 6.07) is 16.3. The summed E-state index contributed by atoms with van der Waals surface area (Å²) in [5, 5.41) is 5.45. The average molecular weight is 382 g/mol. The van der Waals surface area contributed by atoms with Gasteiger partial charge < -0.3 is 4.42 Å². The molecule has 1 aromatic heterocycles. The van der Waals surface area contributed by atoms with Crippen LogP contribution < -0.4 is 5.14 Å². The molecule has 0 atom stereocenters. The third-order valence-electron chi connectivity index (χ3n) is 5.08. The maximum absolute atomic E-state index is 12.1. The number of nitrogens with zero attached hydrogens (tertiary/aromatic N) is 1. The lowest BCUT2D eigenvalue weighted by atomic mass is 9.89. The van der Waals surface area contributed by atoms with Crippen LogP contribution in [0.15, 0.2) is 63.9 Å². The minimum atomic E-state index is -3.88. The molecule has 0 aliphatic heterocycles. The molecule has 2 aromatic carbocycles. The van der Waals surface area contributed by atoms with Crippen LogP contribution in [0.3, 0.4) is 0 Å². The smallest absolute Gasteiger partial charge is 0.238 e. The van der Waals surface area contributed by atoms with Crippen molar-refractivity contribution in [1.29, 1.82) is 0 Å². The normalized spacial score (nSPS) is 15.7. The monoisotopic (exact) mass is 382 g/mol. The molecule has 6 heteroatoms. The average Bonchev–Trinajstić information content (AvgIpc) is 3.14. The van der Waals surface area contributed by atoms with E-state index in [0.717, 1.165) is 31.2 Å². The van der Waals surface area contributed by atoms with Crippen molar-refractivity contribution in [1.82, 2.24) is 4.98 Å². The van der Waals surface area contributed by atoms with Gasteiger partial charge in [0.25, 0.3) is 0 Å². The lowest BCUT2D eigenvalue weighted by Crippen LogP contribution is -2.13. The van der Waals surface area contributed by atoms with E-state index in [1.807, 2.05) is 30.3 Å². The molecule has 0 unspecified atom stereocenters. The van der Waals surface area contributed by atoms with Crippen molar-refractivity contribution in [3.63, 3.8) is 0 Å². The van der Waals surface area contributed by atoms with Crippen LogP contribution in [0.4, 0.5) is 0 Å². The van der Waals surface area contributed by atoms with E-state index in [0.29, 0.717) is 22.9 Å². The van der Waals surface area contributed by atoms with E-state index in [4.69, 9.17) is 14.5 Å². The summed E-state index contributed by atoms with van der Waals surface area (Å²) in [4.78, 5) is 4.83. The highest BCUT2D eigenvalue weighted by Crippen LogP contribution is 2.40. The van der Waals surface area contributed by atoms with Crippen LogP contribution in [0.1, 0.15) is 43.9 Å². The lowest BCUT2D eigenvalue weighted by molar-refractivity contribution is 0.367. The van der Waals surface area contributed by atoms with Gasteiger partial charge in [0.1, 0.15) is 5.69 Å². The number of rotatable bonds is 4. The first-order valence-electron chi connectivity index (χ1n) is 9.22. The predicted octanol–water partition coefficient (Wildman–Crippen LogP) is 4.70. The van der Waals surface area contributed by atoms with Gasteiger partial charge in [0.2, 0.25) is 10.0 Å². The molecule has 4 rings (SSSR count). The van der Waals surface area contributed by atoms with E-state index in [1.165, 1.54) is 12.5 Å². The van der Waals surface area contributed by atoms with Gasteiger partial charge in [0.05, 0.1) is 4.90 Å². The van der Waals surface area contributed by atoms with Crippen molar-refractivity contribution in [3.05, 3.63) is 60.5 Å². The lowest BCUT2D eigenvalue weighted by Gasteiger charge is -2.17. The first-order chi connectivity index (χ1) is 13.0. The largest absolute Gasteiger partial charge is 0.440 e. The summed E-state index contributed by atoms with van der Waals surface area (Å²) in [5.41, 5.74) is 1.88. The number of nitrogens with two attached hydrogens (primary N) is 1. The van der Waals surface area contributed by atoms with Gasteiger partial charge in [-0.1, -0.05) is 67.8 Å². The zero-order valence-electron chi connectivity index (χ0n) is 15.0. The van der Waals surface area contributed by atoms with E-state index in [9.17, 15) is 8.42 Å². The molecule has 0 saturated heterocycles. The summed E-state index contributed by atoms with van der Waals surface area (Å²) < 4.78 is 30.4. The van der Waals surface area contributed by atoms with Gasteiger partial charge >= 0.3 is 0 Å². The number of primary sulfonamides is 1. The SMILES string of the molecule is NS(=O)(=O)c1ccccc1-c1nc(C2CCCCC2)oc1-c1ccccc1. The Balaban J connectivity index is 1.91. The Morgan fingerprint density at radius 1 is 0.926 bits per heavy atom. The maximum Gasteiger partial charge on any atom is 0.238 e. The number of hydrogen-bond acceptors (Lipinski definition) is 4. The Kier molecular flexibility index (Phi) is 4.85. The molecule has 1 heterocycles. The number of sulfonamides is 1. The van der Waals surface area contributed by atoms with Crippen molar-refractivity contribution in [2.24, 2.45) is 5.14 Å². The van der Waals surface area contributed by atoms with Gasteiger partial charge in [-0.05, 0) is 18.9 Å². The molecule has 1 aliphatic carbocycles. The molecule has 140 valence electrons. The van der Waals surface area contributed by atoms with Gasteiger partial charge in [-0.3, -0.25) is 0 Å². The molecule has 27 heavy (non-hydrogen) atoms. The first kappa shape index (κ1) is 17.9. The molecule has 0 amide bonds. The van der Waals surface area contributed by atoms with Crippen molar-refractivity contribution in [3.8, 4) is 22.6 Å². The Bertz CT molecular complexity index is 1040. The fourth-order valence-corrected chi connectivity index (χ4v) is 4.48. The van der Waals surface area contributed by atoms with E-state index >= 15 is 0 Å². The second-order valence-electron chi connectivity index (χ2n) is 6.97. The molecule has 0 bridgehead atoms. The highest BCUT2D eigenvalue weighted by molar-refractivity contribution is 7.89. The van der Waals surface area contributed by atoms with Crippen molar-refractivity contribution < 1.29 is 12.8 Å². The van der Waals surface area contributed by atoms with Crippen LogP contribution in [0.2, 0.25) is 0 Å². The van der Waals surface area contributed by atoms with Gasteiger partial charge in [-0.15, -0.1) is 0 Å². The summed E-state index contributed by atoms with van der Waals surface area (Å²) in [6.45, 7) is 0. The van der Waals surface area contributed by atoms with E-state index in [-0.39, 0.29) is 10.8 Å². The third-order valence-corrected chi connectivity index (χ3v) is 6.05. The van der Waals surface area contributed by atoms with Crippen molar-refractivity contribution >= 4 is 10.0 Å².